The smallest absolute Gasteiger partial charge is 0.329 e. The van der Waals surface area contributed by atoms with Gasteiger partial charge in [-0.3, -0.25) is 4.79 Å². The molecule has 6 nitrogen and oxygen atoms in total. The van der Waals surface area contributed by atoms with E-state index in [1.807, 2.05) is 0 Å². The summed E-state index contributed by atoms with van der Waals surface area (Å²) in [7, 11) is 0. The van der Waals surface area contributed by atoms with Gasteiger partial charge in [-0.2, -0.15) is 0 Å². The fraction of sp³-hybridized carbons (Fsp3) is 0.100. The molecule has 82 valence electrons. The first-order valence-corrected chi connectivity index (χ1v) is 4.52. The van der Waals surface area contributed by atoms with Crippen LogP contribution in [0.5, 0.6) is 0 Å². The van der Waals surface area contributed by atoms with Gasteiger partial charge in [0.15, 0.2) is 0 Å². The Balaban J connectivity index is 2.81. The van der Waals surface area contributed by atoms with Gasteiger partial charge in [0.25, 0.3) is 5.56 Å². The lowest BCUT2D eigenvalue weighted by Crippen LogP contribution is -2.41. The zero-order chi connectivity index (χ0) is 11.7. The maximum Gasteiger partial charge on any atom is 0.363 e. The predicted octanol–water partition coefficient (Wildman–Crippen LogP) is -0.335. The van der Waals surface area contributed by atoms with Crippen LogP contribution in [0.3, 0.4) is 0 Å². The van der Waals surface area contributed by atoms with E-state index < -0.39 is 17.2 Å². The Bertz CT molecular complexity index is 668. The fourth-order valence-corrected chi connectivity index (χ4v) is 1.36. The summed E-state index contributed by atoms with van der Waals surface area (Å²) in [5.74, 6) is -0.733. The number of nitrogens with one attached hydrogen (secondary N) is 1. The number of hydrogen-bond donors (Lipinski definition) is 1. The second-order valence-corrected chi connectivity index (χ2v) is 3.16. The summed E-state index contributed by atoms with van der Waals surface area (Å²) in [6.45, 7) is 1.11. The van der Waals surface area contributed by atoms with Gasteiger partial charge in [0, 0.05) is 6.92 Å². The third-order valence-electron chi connectivity index (χ3n) is 1.99. The molecule has 1 heterocycles. The summed E-state index contributed by atoms with van der Waals surface area (Å²) in [5, 5.41) is 0.281. The molecule has 0 fully saturated rings. The summed E-state index contributed by atoms with van der Waals surface area (Å²) in [5.41, 5.74) is -1.03. The summed E-state index contributed by atoms with van der Waals surface area (Å²) >= 11 is 0. The molecule has 0 aliphatic rings. The molecule has 0 aliphatic heterocycles. The molecule has 0 amide bonds. The van der Waals surface area contributed by atoms with E-state index in [1.165, 1.54) is 6.07 Å². The van der Waals surface area contributed by atoms with Crippen LogP contribution >= 0.6 is 0 Å². The number of carbonyl (C=O) groups is 1. The number of hydrogen-bond acceptors (Lipinski definition) is 4. The van der Waals surface area contributed by atoms with Gasteiger partial charge < -0.3 is 9.82 Å². The van der Waals surface area contributed by atoms with E-state index in [9.17, 15) is 14.4 Å². The van der Waals surface area contributed by atoms with Gasteiger partial charge in [0.2, 0.25) is 0 Å². The monoisotopic (exact) mass is 220 g/mol. The van der Waals surface area contributed by atoms with Crippen molar-refractivity contribution in [2.24, 2.45) is 0 Å². The van der Waals surface area contributed by atoms with E-state index in [1.54, 1.807) is 18.2 Å². The van der Waals surface area contributed by atoms with Crippen molar-refractivity contribution < 1.29 is 9.63 Å². The maximum atomic E-state index is 11.8. The molecular weight excluding hydrogens is 212 g/mol. The van der Waals surface area contributed by atoms with E-state index in [0.29, 0.717) is 10.2 Å². The third-order valence-corrected chi connectivity index (χ3v) is 1.99. The van der Waals surface area contributed by atoms with Crippen LogP contribution in [-0.4, -0.2) is 15.7 Å². The molecular formula is C10H8N2O4. The van der Waals surface area contributed by atoms with Crippen molar-refractivity contribution in [1.29, 1.82) is 0 Å². The lowest BCUT2D eigenvalue weighted by atomic mass is 10.2. The van der Waals surface area contributed by atoms with E-state index >= 15 is 0 Å². The molecule has 0 saturated carbocycles. The first-order chi connectivity index (χ1) is 7.59. The van der Waals surface area contributed by atoms with E-state index in [0.717, 1.165) is 6.92 Å². The highest BCUT2D eigenvalue weighted by Crippen LogP contribution is 2.02. The number of fused-ring (bicyclic) bond motifs is 1. The average Bonchev–Trinajstić information content (AvgIpc) is 2.24. The van der Waals surface area contributed by atoms with Crippen molar-refractivity contribution in [2.75, 3.05) is 0 Å². The average molecular weight is 220 g/mol. The molecule has 2 rings (SSSR count). The molecule has 0 bridgehead atoms. The van der Waals surface area contributed by atoms with Crippen molar-refractivity contribution in [3.63, 3.8) is 0 Å². The number of aromatic amines is 1. The van der Waals surface area contributed by atoms with Crippen molar-refractivity contribution in [3.05, 3.63) is 45.1 Å². The highest BCUT2D eigenvalue weighted by Gasteiger charge is 2.09. The van der Waals surface area contributed by atoms with Crippen LogP contribution in [0.25, 0.3) is 10.9 Å². The Hall–Kier alpha value is -2.37. The standard InChI is InChI=1S/C10H8N2O4/c1-6(13)16-12-9(14)7-4-2-3-5-8(7)11-10(12)15/h2-5H,1H3,(H,11,15). The lowest BCUT2D eigenvalue weighted by molar-refractivity contribution is -0.142. The Morgan fingerprint density at radius 1 is 1.31 bits per heavy atom. The largest absolute Gasteiger partial charge is 0.363 e. The molecule has 0 atom stereocenters. The number of aromatic nitrogens is 2. The zero-order valence-electron chi connectivity index (χ0n) is 8.39. The van der Waals surface area contributed by atoms with E-state index in [4.69, 9.17) is 0 Å². The lowest BCUT2D eigenvalue weighted by Gasteiger charge is -2.03. The quantitative estimate of drug-likeness (QED) is 0.713. The molecule has 1 N–H and O–H groups in total. The van der Waals surface area contributed by atoms with Gasteiger partial charge in [-0.15, -0.1) is 0 Å². The minimum Gasteiger partial charge on any atom is -0.329 e. The van der Waals surface area contributed by atoms with Crippen LogP contribution in [0.15, 0.2) is 33.9 Å². The summed E-state index contributed by atoms with van der Waals surface area (Å²) in [6.07, 6.45) is 0. The minimum atomic E-state index is -0.779. The Kier molecular flexibility index (Phi) is 2.32. The SMILES string of the molecule is CC(=O)On1c(=O)[nH]c2ccccc2c1=O. The molecule has 16 heavy (non-hydrogen) atoms. The second kappa shape index (κ2) is 3.65. The first-order valence-electron chi connectivity index (χ1n) is 4.52. The number of para-hydroxylation sites is 1. The fourth-order valence-electron chi connectivity index (χ4n) is 1.36. The normalized spacial score (nSPS) is 10.3. The number of carbonyl (C=O) groups excluding carboxylic acids is 1. The summed E-state index contributed by atoms with van der Waals surface area (Å²) in [6, 6.07) is 6.47. The van der Waals surface area contributed by atoms with Gasteiger partial charge in [0.1, 0.15) is 0 Å². The second-order valence-electron chi connectivity index (χ2n) is 3.16. The van der Waals surface area contributed by atoms with Crippen molar-refractivity contribution in [2.45, 2.75) is 6.92 Å². The zero-order valence-corrected chi connectivity index (χ0v) is 8.39. The van der Waals surface area contributed by atoms with Crippen LogP contribution in [0.1, 0.15) is 6.92 Å². The molecule has 0 spiro atoms. The third kappa shape index (κ3) is 1.60. The Labute approximate surface area is 89.0 Å². The van der Waals surface area contributed by atoms with Crippen LogP contribution < -0.4 is 16.1 Å². The van der Waals surface area contributed by atoms with Crippen molar-refractivity contribution >= 4 is 16.9 Å². The summed E-state index contributed by atoms with van der Waals surface area (Å²) < 4.78 is 0.407. The van der Waals surface area contributed by atoms with Gasteiger partial charge in [-0.25, -0.2) is 9.59 Å². The van der Waals surface area contributed by atoms with Gasteiger partial charge in [-0.05, 0) is 12.1 Å². The Morgan fingerprint density at radius 3 is 2.69 bits per heavy atom. The molecule has 2 aromatic rings. The van der Waals surface area contributed by atoms with Gasteiger partial charge in [0.05, 0.1) is 10.9 Å². The molecule has 0 unspecified atom stereocenters. The van der Waals surface area contributed by atoms with Gasteiger partial charge in [-0.1, -0.05) is 16.9 Å². The molecule has 0 saturated heterocycles. The maximum absolute atomic E-state index is 11.8. The first kappa shape index (κ1) is 10.2. The van der Waals surface area contributed by atoms with E-state index in [-0.39, 0.29) is 5.39 Å². The van der Waals surface area contributed by atoms with Crippen LogP contribution in [-0.2, 0) is 4.79 Å². The molecule has 0 aliphatic carbocycles. The van der Waals surface area contributed by atoms with Crippen molar-refractivity contribution in [3.8, 4) is 0 Å². The number of H-pyrrole nitrogens is 1. The number of nitrogens with zero attached hydrogens (tertiary/aromatic N) is 1. The molecule has 6 heteroatoms. The Morgan fingerprint density at radius 2 is 2.00 bits per heavy atom. The minimum absolute atomic E-state index is 0.281. The van der Waals surface area contributed by atoms with Crippen molar-refractivity contribution in [1.82, 2.24) is 9.71 Å². The topological polar surface area (TPSA) is 81.2 Å². The van der Waals surface area contributed by atoms with E-state index in [2.05, 4.69) is 9.82 Å². The highest BCUT2D eigenvalue weighted by atomic mass is 16.7. The molecule has 1 aromatic heterocycles. The van der Waals surface area contributed by atoms with Gasteiger partial charge >= 0.3 is 11.7 Å². The van der Waals surface area contributed by atoms with Crippen LogP contribution in [0.2, 0.25) is 0 Å². The molecule has 1 aromatic carbocycles. The number of rotatable bonds is 1. The highest BCUT2D eigenvalue weighted by molar-refractivity contribution is 5.77. The molecule has 0 radical (unpaired) electrons. The summed E-state index contributed by atoms with van der Waals surface area (Å²) in [4.78, 5) is 40.8. The predicted molar refractivity (Wildman–Crippen MR) is 56.1 cm³/mol. The van der Waals surface area contributed by atoms with Crippen LogP contribution in [0.4, 0.5) is 0 Å². The number of benzene rings is 1. The van der Waals surface area contributed by atoms with Crippen LogP contribution in [0, 0.1) is 0 Å².